The topological polar surface area (TPSA) is 38.0 Å². The first-order valence-corrected chi connectivity index (χ1v) is 8.24. The molecule has 1 heterocycles. The van der Waals surface area contributed by atoms with Gasteiger partial charge in [0.1, 0.15) is 5.69 Å². The highest BCUT2D eigenvalue weighted by Crippen LogP contribution is 2.39. The Kier molecular flexibility index (Phi) is 3.82. The molecule has 1 N–H and O–H groups in total. The Morgan fingerprint density at radius 2 is 1.28 bits per heavy atom. The van der Waals surface area contributed by atoms with Crippen LogP contribution in [0.5, 0.6) is 5.88 Å². The quantitative estimate of drug-likeness (QED) is 0.560. The molecule has 0 atom stereocenters. The second kappa shape index (κ2) is 6.29. The van der Waals surface area contributed by atoms with Crippen LogP contribution in [0.25, 0.3) is 28.1 Å². The van der Waals surface area contributed by atoms with Gasteiger partial charge in [0.05, 0.1) is 11.3 Å². The van der Waals surface area contributed by atoms with Crippen LogP contribution in [0.3, 0.4) is 0 Å². The number of aromatic nitrogens is 2. The van der Waals surface area contributed by atoms with Crippen molar-refractivity contribution in [1.29, 1.82) is 0 Å². The van der Waals surface area contributed by atoms with E-state index in [-0.39, 0.29) is 5.88 Å². The van der Waals surface area contributed by atoms with Gasteiger partial charge in [0, 0.05) is 5.56 Å². The van der Waals surface area contributed by atoms with Crippen molar-refractivity contribution in [3.63, 3.8) is 0 Å². The Hall–Kier alpha value is -3.33. The molecule has 0 saturated carbocycles. The number of rotatable bonds is 3. The lowest BCUT2D eigenvalue weighted by Gasteiger charge is -2.07. The molecule has 0 spiro atoms. The Balaban J connectivity index is 2.01. The summed E-state index contributed by atoms with van der Waals surface area (Å²) >= 11 is 0. The van der Waals surface area contributed by atoms with Crippen LogP contribution >= 0.6 is 0 Å². The molecule has 0 aliphatic carbocycles. The largest absolute Gasteiger partial charge is 0.493 e. The fraction of sp³-hybridized carbons (Fsp3) is 0.0455. The monoisotopic (exact) mass is 326 g/mol. The SMILES string of the molecule is Cc1ccccc1-n1nc(-c2ccccc2)c(-c2ccccc2)c1O. The maximum Gasteiger partial charge on any atom is 0.222 e. The smallest absolute Gasteiger partial charge is 0.222 e. The van der Waals surface area contributed by atoms with Crippen LogP contribution in [0.1, 0.15) is 5.56 Å². The van der Waals surface area contributed by atoms with Crippen molar-refractivity contribution in [2.45, 2.75) is 6.92 Å². The van der Waals surface area contributed by atoms with Gasteiger partial charge in [-0.2, -0.15) is 9.78 Å². The summed E-state index contributed by atoms with van der Waals surface area (Å²) in [6.45, 7) is 2.01. The average Bonchev–Trinajstić information content (AvgIpc) is 3.01. The molecule has 4 aromatic rings. The Bertz CT molecular complexity index is 1000. The summed E-state index contributed by atoms with van der Waals surface area (Å²) in [4.78, 5) is 0. The highest BCUT2D eigenvalue weighted by Gasteiger charge is 2.21. The second-order valence-corrected chi connectivity index (χ2v) is 5.98. The van der Waals surface area contributed by atoms with Gasteiger partial charge in [-0.25, -0.2) is 0 Å². The fourth-order valence-electron chi connectivity index (χ4n) is 3.05. The lowest BCUT2D eigenvalue weighted by atomic mass is 10.0. The third-order valence-electron chi connectivity index (χ3n) is 4.31. The van der Waals surface area contributed by atoms with Gasteiger partial charge in [-0.15, -0.1) is 0 Å². The first kappa shape index (κ1) is 15.2. The molecule has 3 heteroatoms. The van der Waals surface area contributed by atoms with Crippen molar-refractivity contribution in [1.82, 2.24) is 9.78 Å². The predicted molar refractivity (Wildman–Crippen MR) is 101 cm³/mol. The summed E-state index contributed by atoms with van der Waals surface area (Å²) in [7, 11) is 0. The molecule has 0 aliphatic rings. The summed E-state index contributed by atoms with van der Waals surface area (Å²) in [6.07, 6.45) is 0. The van der Waals surface area contributed by atoms with Crippen LogP contribution in [-0.4, -0.2) is 14.9 Å². The lowest BCUT2D eigenvalue weighted by Crippen LogP contribution is -1.98. The first-order valence-electron chi connectivity index (χ1n) is 8.24. The number of nitrogens with zero attached hydrogens (tertiary/aromatic N) is 2. The molecule has 3 nitrogen and oxygen atoms in total. The molecule has 0 saturated heterocycles. The van der Waals surface area contributed by atoms with Crippen molar-refractivity contribution >= 4 is 0 Å². The first-order chi connectivity index (χ1) is 12.3. The Labute approximate surface area is 146 Å². The van der Waals surface area contributed by atoms with E-state index in [9.17, 15) is 5.11 Å². The van der Waals surface area contributed by atoms with Crippen LogP contribution in [-0.2, 0) is 0 Å². The van der Waals surface area contributed by atoms with Crippen LogP contribution < -0.4 is 0 Å². The minimum Gasteiger partial charge on any atom is -0.493 e. The predicted octanol–water partition coefficient (Wildman–Crippen LogP) is 5.22. The standard InChI is InChI=1S/C22H18N2O/c1-16-10-8-9-15-19(16)24-22(25)20(17-11-4-2-5-12-17)21(23-24)18-13-6-3-7-14-18/h2-15,25H,1H3. The zero-order valence-electron chi connectivity index (χ0n) is 13.9. The number of aromatic hydroxyl groups is 1. The van der Waals surface area contributed by atoms with Crippen LogP contribution in [0.15, 0.2) is 84.9 Å². The normalized spacial score (nSPS) is 10.8. The van der Waals surface area contributed by atoms with E-state index in [2.05, 4.69) is 0 Å². The van der Waals surface area contributed by atoms with Crippen molar-refractivity contribution in [3.05, 3.63) is 90.5 Å². The fourth-order valence-corrected chi connectivity index (χ4v) is 3.05. The van der Waals surface area contributed by atoms with Gasteiger partial charge in [0.2, 0.25) is 5.88 Å². The lowest BCUT2D eigenvalue weighted by molar-refractivity contribution is 0.435. The van der Waals surface area contributed by atoms with Gasteiger partial charge in [-0.3, -0.25) is 0 Å². The maximum absolute atomic E-state index is 11.0. The van der Waals surface area contributed by atoms with Crippen LogP contribution in [0.4, 0.5) is 0 Å². The highest BCUT2D eigenvalue weighted by molar-refractivity contribution is 5.85. The van der Waals surface area contributed by atoms with E-state index in [0.717, 1.165) is 33.6 Å². The molecule has 0 unspecified atom stereocenters. The van der Waals surface area contributed by atoms with E-state index < -0.39 is 0 Å². The summed E-state index contributed by atoms with van der Waals surface area (Å²) in [5, 5.41) is 15.8. The Morgan fingerprint density at radius 1 is 0.720 bits per heavy atom. The van der Waals surface area contributed by atoms with Crippen LogP contribution in [0.2, 0.25) is 0 Å². The van der Waals surface area contributed by atoms with E-state index >= 15 is 0 Å². The number of benzene rings is 3. The van der Waals surface area contributed by atoms with E-state index in [1.54, 1.807) is 4.68 Å². The van der Waals surface area contributed by atoms with Crippen LogP contribution in [0, 0.1) is 6.92 Å². The van der Waals surface area contributed by atoms with Crippen molar-refractivity contribution in [2.75, 3.05) is 0 Å². The number of para-hydroxylation sites is 1. The van der Waals surface area contributed by atoms with E-state index in [1.165, 1.54) is 0 Å². The minimum absolute atomic E-state index is 0.152. The number of hydrogen-bond donors (Lipinski definition) is 1. The molecular formula is C22H18N2O. The number of aryl methyl sites for hydroxylation is 1. The molecule has 0 radical (unpaired) electrons. The third kappa shape index (κ3) is 2.70. The number of hydrogen-bond acceptors (Lipinski definition) is 2. The molecule has 122 valence electrons. The molecular weight excluding hydrogens is 308 g/mol. The maximum atomic E-state index is 11.0. The molecule has 25 heavy (non-hydrogen) atoms. The van der Waals surface area contributed by atoms with Gasteiger partial charge in [0.25, 0.3) is 0 Å². The Morgan fingerprint density at radius 3 is 1.92 bits per heavy atom. The molecule has 1 aromatic heterocycles. The highest BCUT2D eigenvalue weighted by atomic mass is 16.3. The van der Waals surface area contributed by atoms with E-state index in [4.69, 9.17) is 5.10 Å². The van der Waals surface area contributed by atoms with Gasteiger partial charge in [-0.05, 0) is 24.1 Å². The summed E-state index contributed by atoms with van der Waals surface area (Å²) in [5.74, 6) is 0.152. The third-order valence-corrected chi connectivity index (χ3v) is 4.31. The zero-order chi connectivity index (χ0) is 17.2. The summed E-state index contributed by atoms with van der Waals surface area (Å²) in [5.41, 5.74) is 5.36. The van der Waals surface area contributed by atoms with Gasteiger partial charge in [0.15, 0.2) is 0 Å². The van der Waals surface area contributed by atoms with Gasteiger partial charge >= 0.3 is 0 Å². The average molecular weight is 326 g/mol. The van der Waals surface area contributed by atoms with Crippen molar-refractivity contribution in [2.24, 2.45) is 0 Å². The van der Waals surface area contributed by atoms with Crippen molar-refractivity contribution < 1.29 is 5.11 Å². The molecule has 0 bridgehead atoms. The van der Waals surface area contributed by atoms with Gasteiger partial charge in [-0.1, -0.05) is 78.9 Å². The zero-order valence-corrected chi connectivity index (χ0v) is 13.9. The molecule has 0 aliphatic heterocycles. The molecule has 0 amide bonds. The van der Waals surface area contributed by atoms with Crippen molar-refractivity contribution in [3.8, 4) is 34.0 Å². The molecule has 3 aromatic carbocycles. The summed E-state index contributed by atoms with van der Waals surface area (Å²) in [6, 6.07) is 27.8. The van der Waals surface area contributed by atoms with E-state index in [1.807, 2.05) is 91.9 Å². The molecule has 4 rings (SSSR count). The second-order valence-electron chi connectivity index (χ2n) is 5.98. The molecule has 0 fully saturated rings. The van der Waals surface area contributed by atoms with Gasteiger partial charge < -0.3 is 5.11 Å². The summed E-state index contributed by atoms with van der Waals surface area (Å²) < 4.78 is 1.62. The van der Waals surface area contributed by atoms with E-state index in [0.29, 0.717) is 0 Å². The minimum atomic E-state index is 0.152.